The molecule has 0 nitrogen and oxygen atoms in total. The van der Waals surface area contributed by atoms with Gasteiger partial charge in [0.25, 0.3) is 0 Å². The number of benzene rings is 2. The summed E-state index contributed by atoms with van der Waals surface area (Å²) in [4.78, 5) is 0. The summed E-state index contributed by atoms with van der Waals surface area (Å²) in [5.74, 6) is 0. The van der Waals surface area contributed by atoms with Crippen LogP contribution < -0.4 is 0 Å². The van der Waals surface area contributed by atoms with E-state index in [0.717, 1.165) is 0 Å². The maximum atomic E-state index is 3.11. The Balaban J connectivity index is 2.28. The van der Waals surface area contributed by atoms with Gasteiger partial charge in [0.1, 0.15) is 0 Å². The van der Waals surface area contributed by atoms with Crippen LogP contribution in [0.3, 0.4) is 0 Å². The van der Waals surface area contributed by atoms with Crippen LogP contribution in [0.4, 0.5) is 0 Å². The normalized spacial score (nSPS) is 10.7. The Morgan fingerprint density at radius 3 is 2.73 bits per heavy atom. The SMILES string of the molecule is [c]1ccc2c(-c3ccccc3)csc2c1. The van der Waals surface area contributed by atoms with E-state index in [1.807, 2.05) is 18.2 Å². The van der Waals surface area contributed by atoms with E-state index < -0.39 is 0 Å². The lowest BCUT2D eigenvalue weighted by atomic mass is 10.1. The van der Waals surface area contributed by atoms with E-state index in [0.29, 0.717) is 0 Å². The summed E-state index contributed by atoms with van der Waals surface area (Å²) < 4.78 is 1.30. The van der Waals surface area contributed by atoms with Crippen LogP contribution in [0.15, 0.2) is 53.9 Å². The molecule has 3 rings (SSSR count). The fraction of sp³-hybridized carbons (Fsp3) is 0. The van der Waals surface area contributed by atoms with E-state index >= 15 is 0 Å². The van der Waals surface area contributed by atoms with Gasteiger partial charge in [0, 0.05) is 15.6 Å². The van der Waals surface area contributed by atoms with Gasteiger partial charge >= 0.3 is 0 Å². The Morgan fingerprint density at radius 1 is 1.00 bits per heavy atom. The molecule has 1 radical (unpaired) electrons. The van der Waals surface area contributed by atoms with Gasteiger partial charge in [0.2, 0.25) is 0 Å². The Hall–Kier alpha value is -1.60. The van der Waals surface area contributed by atoms with Crippen molar-refractivity contribution in [2.45, 2.75) is 0 Å². The average Bonchev–Trinajstić information content (AvgIpc) is 2.74. The summed E-state index contributed by atoms with van der Waals surface area (Å²) in [5, 5.41) is 3.54. The van der Waals surface area contributed by atoms with Gasteiger partial charge in [-0.05, 0) is 23.1 Å². The number of fused-ring (bicyclic) bond motifs is 1. The van der Waals surface area contributed by atoms with Crippen molar-refractivity contribution in [3.8, 4) is 11.1 Å². The zero-order chi connectivity index (χ0) is 10.1. The number of thiophene rings is 1. The average molecular weight is 209 g/mol. The molecule has 1 heterocycles. The molecule has 0 saturated carbocycles. The molecule has 0 amide bonds. The van der Waals surface area contributed by atoms with Crippen molar-refractivity contribution in [1.82, 2.24) is 0 Å². The molecule has 3 aromatic rings. The third-order valence-electron chi connectivity index (χ3n) is 2.50. The minimum Gasteiger partial charge on any atom is -0.143 e. The Kier molecular flexibility index (Phi) is 2.04. The van der Waals surface area contributed by atoms with Crippen molar-refractivity contribution >= 4 is 21.4 Å². The van der Waals surface area contributed by atoms with E-state index in [2.05, 4.69) is 41.8 Å². The first-order chi connectivity index (χ1) is 7.45. The summed E-state index contributed by atoms with van der Waals surface area (Å²) in [7, 11) is 0. The van der Waals surface area contributed by atoms with Crippen LogP contribution in [-0.4, -0.2) is 0 Å². The lowest BCUT2D eigenvalue weighted by molar-refractivity contribution is 1.69. The summed E-state index contributed by atoms with van der Waals surface area (Å²) in [6.45, 7) is 0. The smallest absolute Gasteiger partial charge is 0.0355 e. The number of hydrogen-bond acceptors (Lipinski definition) is 1. The lowest BCUT2D eigenvalue weighted by Crippen LogP contribution is -1.73. The van der Waals surface area contributed by atoms with Gasteiger partial charge < -0.3 is 0 Å². The summed E-state index contributed by atoms with van der Waals surface area (Å²) in [6.07, 6.45) is 0. The van der Waals surface area contributed by atoms with E-state index in [1.54, 1.807) is 11.3 Å². The van der Waals surface area contributed by atoms with Crippen molar-refractivity contribution in [3.63, 3.8) is 0 Å². The van der Waals surface area contributed by atoms with Crippen LogP contribution in [0.2, 0.25) is 0 Å². The van der Waals surface area contributed by atoms with Crippen molar-refractivity contribution in [2.24, 2.45) is 0 Å². The van der Waals surface area contributed by atoms with Gasteiger partial charge in [-0.25, -0.2) is 0 Å². The summed E-state index contributed by atoms with van der Waals surface area (Å²) >= 11 is 1.78. The molecule has 0 aliphatic carbocycles. The van der Waals surface area contributed by atoms with Crippen LogP contribution in [0.5, 0.6) is 0 Å². The highest BCUT2D eigenvalue weighted by atomic mass is 32.1. The zero-order valence-electron chi connectivity index (χ0n) is 8.10. The van der Waals surface area contributed by atoms with Gasteiger partial charge in [-0.3, -0.25) is 0 Å². The Bertz CT molecular complexity index is 578. The van der Waals surface area contributed by atoms with Crippen LogP contribution in [0.1, 0.15) is 0 Å². The second-order valence-corrected chi connectivity index (χ2v) is 4.35. The molecule has 71 valence electrons. The molecular weight excluding hydrogens is 200 g/mol. The van der Waals surface area contributed by atoms with Gasteiger partial charge in [-0.15, -0.1) is 11.3 Å². The quantitative estimate of drug-likeness (QED) is 0.558. The molecule has 15 heavy (non-hydrogen) atoms. The molecular formula is C14H9S. The molecule has 0 fully saturated rings. The summed E-state index contributed by atoms with van der Waals surface area (Å²) in [5.41, 5.74) is 2.61. The second-order valence-electron chi connectivity index (χ2n) is 3.44. The molecule has 0 atom stereocenters. The highest BCUT2D eigenvalue weighted by Gasteiger charge is 2.04. The predicted molar refractivity (Wildman–Crippen MR) is 66.1 cm³/mol. The van der Waals surface area contributed by atoms with E-state index in [1.165, 1.54) is 21.2 Å². The van der Waals surface area contributed by atoms with Crippen molar-refractivity contribution in [1.29, 1.82) is 0 Å². The van der Waals surface area contributed by atoms with Gasteiger partial charge in [0.05, 0.1) is 0 Å². The Morgan fingerprint density at radius 2 is 1.87 bits per heavy atom. The highest BCUT2D eigenvalue weighted by Crippen LogP contribution is 2.33. The molecule has 0 saturated heterocycles. The van der Waals surface area contributed by atoms with Crippen LogP contribution in [0.25, 0.3) is 21.2 Å². The topological polar surface area (TPSA) is 0 Å². The standard InChI is InChI=1S/C14H9S/c1-2-6-11(7-3-1)13-10-15-14-9-5-4-8-12(13)14/h1-4,6-10H. The predicted octanol–water partition coefficient (Wildman–Crippen LogP) is 4.37. The maximum absolute atomic E-state index is 3.11. The molecule has 0 spiro atoms. The van der Waals surface area contributed by atoms with Gasteiger partial charge in [-0.1, -0.05) is 42.5 Å². The van der Waals surface area contributed by atoms with Crippen LogP contribution in [-0.2, 0) is 0 Å². The van der Waals surface area contributed by atoms with Crippen molar-refractivity contribution < 1.29 is 0 Å². The second kappa shape index (κ2) is 3.52. The van der Waals surface area contributed by atoms with E-state index in [9.17, 15) is 0 Å². The fourth-order valence-corrected chi connectivity index (χ4v) is 2.71. The third kappa shape index (κ3) is 1.45. The molecule has 1 aromatic heterocycles. The lowest BCUT2D eigenvalue weighted by Gasteiger charge is -1.98. The van der Waals surface area contributed by atoms with Gasteiger partial charge in [0.15, 0.2) is 0 Å². The molecule has 0 bridgehead atoms. The van der Waals surface area contributed by atoms with Crippen LogP contribution in [0, 0.1) is 6.07 Å². The third-order valence-corrected chi connectivity index (χ3v) is 3.45. The van der Waals surface area contributed by atoms with Crippen LogP contribution >= 0.6 is 11.3 Å². The highest BCUT2D eigenvalue weighted by molar-refractivity contribution is 7.17. The first kappa shape index (κ1) is 8.69. The first-order valence-electron chi connectivity index (χ1n) is 4.88. The molecule has 0 N–H and O–H groups in total. The first-order valence-corrected chi connectivity index (χ1v) is 5.76. The van der Waals surface area contributed by atoms with Crippen molar-refractivity contribution in [2.75, 3.05) is 0 Å². The van der Waals surface area contributed by atoms with E-state index in [-0.39, 0.29) is 0 Å². The molecule has 2 aromatic carbocycles. The molecule has 1 heteroatoms. The monoisotopic (exact) mass is 209 g/mol. The largest absolute Gasteiger partial charge is 0.143 e. The maximum Gasteiger partial charge on any atom is 0.0355 e. The fourth-order valence-electron chi connectivity index (χ4n) is 1.76. The molecule has 0 unspecified atom stereocenters. The minimum atomic E-state index is 1.29. The molecule has 0 aliphatic heterocycles. The number of rotatable bonds is 1. The van der Waals surface area contributed by atoms with Gasteiger partial charge in [-0.2, -0.15) is 0 Å². The zero-order valence-corrected chi connectivity index (χ0v) is 8.92. The number of hydrogen-bond donors (Lipinski definition) is 0. The van der Waals surface area contributed by atoms with E-state index in [4.69, 9.17) is 0 Å². The summed E-state index contributed by atoms with van der Waals surface area (Å²) in [6, 6.07) is 19.8. The Labute approximate surface area is 92.8 Å². The minimum absolute atomic E-state index is 1.29. The van der Waals surface area contributed by atoms with Crippen molar-refractivity contribution in [3.05, 3.63) is 60.0 Å². The molecule has 0 aliphatic rings.